The average molecular weight is 420 g/mol. The summed E-state index contributed by atoms with van der Waals surface area (Å²) in [6, 6.07) is 24.7. The van der Waals surface area contributed by atoms with Crippen molar-refractivity contribution in [2.75, 3.05) is 19.6 Å². The van der Waals surface area contributed by atoms with Crippen LogP contribution in [-0.4, -0.2) is 24.5 Å². The monoisotopic (exact) mass is 419 g/mol. The number of allylic oxidation sites excluding steroid dienone is 2. The van der Waals surface area contributed by atoms with E-state index in [1.807, 2.05) is 42.5 Å². The van der Waals surface area contributed by atoms with Crippen molar-refractivity contribution in [3.05, 3.63) is 83.1 Å². The fourth-order valence-electron chi connectivity index (χ4n) is 5.13. The van der Waals surface area contributed by atoms with Crippen molar-refractivity contribution in [2.24, 2.45) is 17.1 Å². The number of benzene rings is 2. The molecule has 32 heavy (non-hydrogen) atoms. The lowest BCUT2D eigenvalue weighted by molar-refractivity contribution is 0.207. The largest absolute Gasteiger partial charge is 0.399 e. The van der Waals surface area contributed by atoms with E-state index in [1.54, 1.807) is 0 Å². The molecule has 2 aromatic rings. The molecule has 1 aliphatic carbocycles. The minimum atomic E-state index is -1.59. The third-order valence-electron chi connectivity index (χ3n) is 6.66. The highest BCUT2D eigenvalue weighted by Crippen LogP contribution is 2.54. The molecule has 158 valence electrons. The van der Waals surface area contributed by atoms with E-state index in [2.05, 4.69) is 48.2 Å². The van der Waals surface area contributed by atoms with E-state index in [1.165, 1.54) is 0 Å². The Morgan fingerprint density at radius 2 is 1.66 bits per heavy atom. The molecule has 5 heteroatoms. The van der Waals surface area contributed by atoms with Crippen LogP contribution in [0.15, 0.2) is 77.5 Å². The van der Waals surface area contributed by atoms with E-state index in [0.717, 1.165) is 41.8 Å². The zero-order valence-corrected chi connectivity index (χ0v) is 18.1. The molecule has 4 rings (SSSR count). The molecule has 0 bridgehead atoms. The summed E-state index contributed by atoms with van der Waals surface area (Å²) in [6.07, 6.45) is 3.07. The quantitative estimate of drug-likeness (QED) is 0.787. The van der Waals surface area contributed by atoms with Gasteiger partial charge in [-0.2, -0.15) is 15.8 Å². The molecule has 1 aliphatic heterocycles. The molecule has 2 aliphatic rings. The molecule has 2 atom stereocenters. The normalized spacial score (nSPS) is 22.1. The van der Waals surface area contributed by atoms with Crippen LogP contribution < -0.4 is 5.73 Å². The van der Waals surface area contributed by atoms with E-state index in [0.29, 0.717) is 12.1 Å². The lowest BCUT2D eigenvalue weighted by Gasteiger charge is -2.45. The third-order valence-corrected chi connectivity index (χ3v) is 6.66. The Bertz CT molecular complexity index is 1170. The minimum absolute atomic E-state index is 0.0774. The summed E-state index contributed by atoms with van der Waals surface area (Å²) >= 11 is 0. The van der Waals surface area contributed by atoms with Crippen molar-refractivity contribution in [1.29, 1.82) is 15.8 Å². The maximum atomic E-state index is 10.2. The Labute approximate surface area is 189 Å². The van der Waals surface area contributed by atoms with E-state index in [4.69, 9.17) is 5.73 Å². The summed E-state index contributed by atoms with van der Waals surface area (Å²) in [7, 11) is 0. The van der Waals surface area contributed by atoms with Gasteiger partial charge in [-0.25, -0.2) is 0 Å². The molecule has 0 saturated carbocycles. The molecular formula is C27H25N5. The van der Waals surface area contributed by atoms with Crippen LogP contribution >= 0.6 is 0 Å². The highest BCUT2D eigenvalue weighted by molar-refractivity contribution is 5.65. The van der Waals surface area contributed by atoms with Gasteiger partial charge in [0.2, 0.25) is 0 Å². The van der Waals surface area contributed by atoms with Gasteiger partial charge in [0.1, 0.15) is 6.07 Å². The molecule has 0 unspecified atom stereocenters. The van der Waals surface area contributed by atoms with Gasteiger partial charge in [0.05, 0.1) is 23.4 Å². The van der Waals surface area contributed by atoms with Crippen LogP contribution in [0.1, 0.15) is 24.8 Å². The number of hydrogen-bond acceptors (Lipinski definition) is 5. The standard InChI is InChI=1S/C27H25N5/c1-2-13-32-14-12-22-23(15-28)26(31)27(17-29,18-30)25(24(22)16-32)21-10-8-20(9-11-21)19-6-4-3-5-7-19/h3-12,24-25H,2,13-14,16,31H2,1H3/t24-,25-/m1/s1. The Kier molecular flexibility index (Phi) is 5.83. The number of nitriles is 3. The second-order valence-electron chi connectivity index (χ2n) is 8.42. The van der Waals surface area contributed by atoms with Gasteiger partial charge in [-0.3, -0.25) is 4.90 Å². The van der Waals surface area contributed by atoms with Gasteiger partial charge in [-0.05, 0) is 35.2 Å². The zero-order chi connectivity index (χ0) is 22.7. The first kappa shape index (κ1) is 21.4. The summed E-state index contributed by atoms with van der Waals surface area (Å²) in [6.45, 7) is 4.48. The fraction of sp³-hybridized carbons (Fsp3) is 0.296. The maximum Gasteiger partial charge on any atom is 0.191 e. The van der Waals surface area contributed by atoms with Crippen LogP contribution in [0.25, 0.3) is 11.1 Å². The zero-order valence-electron chi connectivity index (χ0n) is 18.1. The Morgan fingerprint density at radius 3 is 2.25 bits per heavy atom. The summed E-state index contributed by atoms with van der Waals surface area (Å²) in [5, 5.41) is 30.3. The van der Waals surface area contributed by atoms with Crippen molar-refractivity contribution in [3.63, 3.8) is 0 Å². The first-order chi connectivity index (χ1) is 15.6. The number of rotatable bonds is 4. The van der Waals surface area contributed by atoms with Gasteiger partial charge in [-0.1, -0.05) is 67.6 Å². The van der Waals surface area contributed by atoms with Crippen molar-refractivity contribution in [3.8, 4) is 29.3 Å². The third kappa shape index (κ3) is 3.36. The van der Waals surface area contributed by atoms with Crippen molar-refractivity contribution in [2.45, 2.75) is 19.3 Å². The van der Waals surface area contributed by atoms with Gasteiger partial charge in [0.25, 0.3) is 0 Å². The molecule has 2 N–H and O–H groups in total. The van der Waals surface area contributed by atoms with Crippen LogP contribution in [0.4, 0.5) is 0 Å². The summed E-state index contributed by atoms with van der Waals surface area (Å²) in [5.41, 5.74) is 9.12. The lowest BCUT2D eigenvalue weighted by atomic mass is 9.58. The van der Waals surface area contributed by atoms with Crippen LogP contribution in [0, 0.1) is 45.3 Å². The highest BCUT2D eigenvalue weighted by Gasteiger charge is 2.54. The molecule has 0 spiro atoms. The second-order valence-corrected chi connectivity index (χ2v) is 8.42. The predicted molar refractivity (Wildman–Crippen MR) is 123 cm³/mol. The number of fused-ring (bicyclic) bond motifs is 1. The molecular weight excluding hydrogens is 394 g/mol. The Morgan fingerprint density at radius 1 is 1.00 bits per heavy atom. The van der Waals surface area contributed by atoms with Crippen LogP contribution in [0.3, 0.4) is 0 Å². The van der Waals surface area contributed by atoms with E-state index in [9.17, 15) is 15.8 Å². The summed E-state index contributed by atoms with van der Waals surface area (Å²) in [5.74, 6) is -0.607. The second kappa shape index (κ2) is 8.72. The molecule has 0 fully saturated rings. The van der Waals surface area contributed by atoms with E-state index in [-0.39, 0.29) is 11.6 Å². The molecule has 0 amide bonds. The Balaban J connectivity index is 1.86. The first-order valence-corrected chi connectivity index (χ1v) is 10.9. The van der Waals surface area contributed by atoms with Gasteiger partial charge in [0, 0.05) is 24.9 Å². The molecule has 0 radical (unpaired) electrons. The minimum Gasteiger partial charge on any atom is -0.399 e. The first-order valence-electron chi connectivity index (χ1n) is 10.9. The lowest BCUT2D eigenvalue weighted by Crippen LogP contribution is -2.48. The average Bonchev–Trinajstić information content (AvgIpc) is 2.84. The number of nitrogens with two attached hydrogens (primary N) is 1. The summed E-state index contributed by atoms with van der Waals surface area (Å²) in [4.78, 5) is 2.31. The van der Waals surface area contributed by atoms with Gasteiger partial charge < -0.3 is 5.73 Å². The molecule has 0 aromatic heterocycles. The maximum absolute atomic E-state index is 10.2. The molecule has 5 nitrogen and oxygen atoms in total. The smallest absolute Gasteiger partial charge is 0.191 e. The van der Waals surface area contributed by atoms with Gasteiger partial charge >= 0.3 is 0 Å². The summed E-state index contributed by atoms with van der Waals surface area (Å²) < 4.78 is 0. The highest BCUT2D eigenvalue weighted by atomic mass is 15.1. The number of nitrogens with zero attached hydrogens (tertiary/aromatic N) is 4. The Hall–Kier alpha value is -3.85. The number of hydrogen-bond donors (Lipinski definition) is 1. The fourth-order valence-corrected chi connectivity index (χ4v) is 5.13. The molecule has 2 aromatic carbocycles. The van der Waals surface area contributed by atoms with Gasteiger partial charge in [0.15, 0.2) is 5.41 Å². The predicted octanol–water partition coefficient (Wildman–Crippen LogP) is 4.49. The van der Waals surface area contributed by atoms with Crippen molar-refractivity contribution in [1.82, 2.24) is 4.90 Å². The topological polar surface area (TPSA) is 101 Å². The van der Waals surface area contributed by atoms with Crippen molar-refractivity contribution < 1.29 is 0 Å². The van der Waals surface area contributed by atoms with E-state index >= 15 is 0 Å². The van der Waals surface area contributed by atoms with Crippen LogP contribution in [-0.2, 0) is 0 Å². The molecule has 0 saturated heterocycles. The van der Waals surface area contributed by atoms with Crippen molar-refractivity contribution >= 4 is 0 Å². The van der Waals surface area contributed by atoms with Crippen LogP contribution in [0.2, 0.25) is 0 Å². The SMILES string of the molecule is CCCN1CC=C2C(C#N)=C(N)C(C#N)(C#N)[C@H](c3ccc(-c4ccccc4)cc3)[C@@H]2C1. The van der Waals surface area contributed by atoms with Gasteiger partial charge in [-0.15, -0.1) is 0 Å². The molecule has 1 heterocycles. The van der Waals surface area contributed by atoms with E-state index < -0.39 is 11.3 Å². The van der Waals surface area contributed by atoms with Crippen LogP contribution in [0.5, 0.6) is 0 Å².